The van der Waals surface area contributed by atoms with E-state index in [4.69, 9.17) is 5.14 Å². The Morgan fingerprint density at radius 3 is 2.03 bits per heavy atom. The highest BCUT2D eigenvalue weighted by atomic mass is 32.2. The maximum Gasteiger partial charge on any atom is 0.238 e. The first-order valence-corrected chi connectivity index (χ1v) is 13.6. The molecule has 1 unspecified atom stereocenters. The number of benzene rings is 3. The van der Waals surface area contributed by atoms with Crippen molar-refractivity contribution in [3.8, 4) is 0 Å². The van der Waals surface area contributed by atoms with E-state index < -0.39 is 10.0 Å². The van der Waals surface area contributed by atoms with Gasteiger partial charge in [0.2, 0.25) is 10.0 Å². The number of rotatable bonds is 6. The summed E-state index contributed by atoms with van der Waals surface area (Å²) < 4.78 is 25.3. The van der Waals surface area contributed by atoms with E-state index in [2.05, 4.69) is 14.9 Å². The molecule has 0 radical (unpaired) electrons. The standard InChI is InChI=1S/C27H28N4O4S/c1-4-22(31(5-2)6-3)25-23(36(28,34)35)12-11-19-24(25)27(33)17-14-20-16(13-21(17)30-19)26(32)15-9-7-8-10-18(15)29-20/h7-14,22H,4-6H2,1-3H3,(H,29,32)(H,30,33)(H2,28,34,35). The zero-order chi connectivity index (χ0) is 25.8. The van der Waals surface area contributed by atoms with Crippen LogP contribution in [0.3, 0.4) is 0 Å². The number of pyridine rings is 2. The second kappa shape index (κ2) is 8.85. The summed E-state index contributed by atoms with van der Waals surface area (Å²) in [5.41, 5.74) is 2.20. The summed E-state index contributed by atoms with van der Waals surface area (Å²) in [5.74, 6) is 0. The molecule has 0 aliphatic heterocycles. The largest absolute Gasteiger partial charge is 0.354 e. The van der Waals surface area contributed by atoms with Gasteiger partial charge in [-0.15, -0.1) is 0 Å². The number of aromatic amines is 2. The van der Waals surface area contributed by atoms with E-state index in [-0.39, 0.29) is 21.8 Å². The van der Waals surface area contributed by atoms with E-state index in [1.807, 2.05) is 39.0 Å². The van der Waals surface area contributed by atoms with Crippen LogP contribution in [-0.2, 0) is 10.0 Å². The second-order valence-corrected chi connectivity index (χ2v) is 10.5. The average Bonchev–Trinajstić information content (AvgIpc) is 2.86. The summed E-state index contributed by atoms with van der Waals surface area (Å²) in [4.78, 5) is 35.8. The predicted octanol–water partition coefficient (Wildman–Crippen LogP) is 4.12. The zero-order valence-electron chi connectivity index (χ0n) is 20.4. The van der Waals surface area contributed by atoms with Gasteiger partial charge < -0.3 is 9.97 Å². The van der Waals surface area contributed by atoms with E-state index in [0.717, 1.165) is 0 Å². The quantitative estimate of drug-likeness (QED) is 0.300. The highest BCUT2D eigenvalue weighted by molar-refractivity contribution is 7.89. The Kier molecular flexibility index (Phi) is 5.94. The summed E-state index contributed by atoms with van der Waals surface area (Å²) in [7, 11) is -4.09. The van der Waals surface area contributed by atoms with Crippen LogP contribution in [0.2, 0.25) is 0 Å². The van der Waals surface area contributed by atoms with Crippen molar-refractivity contribution in [2.75, 3.05) is 13.1 Å². The number of nitrogens with two attached hydrogens (primary N) is 1. The van der Waals surface area contributed by atoms with Crippen LogP contribution in [0.1, 0.15) is 38.8 Å². The minimum Gasteiger partial charge on any atom is -0.354 e. The Labute approximate surface area is 207 Å². The number of sulfonamides is 1. The normalized spacial score (nSPS) is 13.4. The molecule has 3 aromatic carbocycles. The number of primary sulfonamides is 1. The summed E-state index contributed by atoms with van der Waals surface area (Å²) in [6.07, 6.45) is 0.595. The molecule has 0 spiro atoms. The number of fused-ring (bicyclic) bond motifs is 4. The number of hydrogen-bond acceptors (Lipinski definition) is 5. The van der Waals surface area contributed by atoms with Gasteiger partial charge in [-0.25, -0.2) is 13.6 Å². The maximum atomic E-state index is 14.0. The van der Waals surface area contributed by atoms with Gasteiger partial charge in [-0.1, -0.05) is 32.9 Å². The van der Waals surface area contributed by atoms with E-state index >= 15 is 0 Å². The molecule has 0 saturated carbocycles. The lowest BCUT2D eigenvalue weighted by atomic mass is 9.95. The van der Waals surface area contributed by atoms with Gasteiger partial charge in [-0.05, 0) is 55.9 Å². The van der Waals surface area contributed by atoms with Crippen LogP contribution in [0.25, 0.3) is 43.6 Å². The lowest BCUT2D eigenvalue weighted by Gasteiger charge is -2.31. The van der Waals surface area contributed by atoms with Crippen LogP contribution in [0.5, 0.6) is 0 Å². The second-order valence-electron chi connectivity index (χ2n) is 8.99. The number of hydrogen-bond donors (Lipinski definition) is 3. The molecule has 0 bridgehead atoms. The van der Waals surface area contributed by atoms with Gasteiger partial charge in [0, 0.05) is 33.3 Å². The lowest BCUT2D eigenvalue weighted by molar-refractivity contribution is 0.212. The third-order valence-corrected chi connectivity index (χ3v) is 8.04. The number of para-hydroxylation sites is 1. The molecule has 4 N–H and O–H groups in total. The molecule has 0 aliphatic carbocycles. The van der Waals surface area contributed by atoms with Crippen LogP contribution in [0.15, 0.2) is 63.0 Å². The first kappa shape index (κ1) is 24.2. The summed E-state index contributed by atoms with van der Waals surface area (Å²) in [6, 6.07) is 13.3. The van der Waals surface area contributed by atoms with Gasteiger partial charge in [0.05, 0.1) is 26.8 Å². The molecule has 186 valence electrons. The van der Waals surface area contributed by atoms with Gasteiger partial charge in [0.1, 0.15) is 0 Å². The van der Waals surface area contributed by atoms with Crippen molar-refractivity contribution >= 4 is 53.6 Å². The minimum atomic E-state index is -4.09. The van der Waals surface area contributed by atoms with Crippen LogP contribution < -0.4 is 16.0 Å². The van der Waals surface area contributed by atoms with Crippen molar-refractivity contribution in [3.05, 3.63) is 74.5 Å². The molecule has 9 heteroatoms. The van der Waals surface area contributed by atoms with Gasteiger partial charge in [-0.2, -0.15) is 0 Å². The summed E-state index contributed by atoms with van der Waals surface area (Å²) in [5, 5.41) is 7.33. The highest BCUT2D eigenvalue weighted by Crippen LogP contribution is 2.34. The first-order chi connectivity index (χ1) is 17.2. The monoisotopic (exact) mass is 504 g/mol. The SMILES string of the molecule is CCC(c1c(S(N)(=O)=O)ccc2[nH]c3cc4c(=O)c5ccccc5[nH]c4cc3c(=O)c12)N(CC)CC. The van der Waals surface area contributed by atoms with Crippen molar-refractivity contribution in [2.45, 2.75) is 38.1 Å². The van der Waals surface area contributed by atoms with Crippen LogP contribution in [0, 0.1) is 0 Å². The van der Waals surface area contributed by atoms with Gasteiger partial charge >= 0.3 is 0 Å². The molecular weight excluding hydrogens is 476 g/mol. The molecule has 0 amide bonds. The molecule has 36 heavy (non-hydrogen) atoms. The minimum absolute atomic E-state index is 0.0428. The van der Waals surface area contributed by atoms with E-state index in [1.165, 1.54) is 6.07 Å². The molecule has 2 heterocycles. The predicted molar refractivity (Wildman–Crippen MR) is 145 cm³/mol. The van der Waals surface area contributed by atoms with E-state index in [9.17, 15) is 18.0 Å². The molecular formula is C27H28N4O4S. The Bertz CT molecular complexity index is 1890. The number of aromatic nitrogens is 2. The summed E-state index contributed by atoms with van der Waals surface area (Å²) >= 11 is 0. The van der Waals surface area contributed by atoms with Crippen molar-refractivity contribution in [3.63, 3.8) is 0 Å². The van der Waals surface area contributed by atoms with Crippen LogP contribution >= 0.6 is 0 Å². The zero-order valence-corrected chi connectivity index (χ0v) is 21.2. The van der Waals surface area contributed by atoms with Crippen LogP contribution in [-0.4, -0.2) is 36.4 Å². The van der Waals surface area contributed by atoms with E-state index in [0.29, 0.717) is 68.7 Å². The van der Waals surface area contributed by atoms with Crippen LogP contribution in [0.4, 0.5) is 0 Å². The topological polar surface area (TPSA) is 129 Å². The smallest absolute Gasteiger partial charge is 0.238 e. The van der Waals surface area contributed by atoms with Gasteiger partial charge in [0.15, 0.2) is 10.9 Å². The number of nitrogens with zero attached hydrogens (tertiary/aromatic N) is 1. The molecule has 2 aromatic heterocycles. The number of H-pyrrole nitrogens is 2. The van der Waals surface area contributed by atoms with E-state index in [1.54, 1.807) is 24.3 Å². The van der Waals surface area contributed by atoms with Crippen molar-refractivity contribution in [2.24, 2.45) is 5.14 Å². The summed E-state index contributed by atoms with van der Waals surface area (Å²) in [6.45, 7) is 7.33. The number of nitrogens with one attached hydrogen (secondary N) is 2. The Balaban J connectivity index is 1.95. The Morgan fingerprint density at radius 2 is 1.42 bits per heavy atom. The highest BCUT2D eigenvalue weighted by Gasteiger charge is 2.28. The van der Waals surface area contributed by atoms with Crippen molar-refractivity contribution in [1.29, 1.82) is 0 Å². The maximum absolute atomic E-state index is 14.0. The van der Waals surface area contributed by atoms with Gasteiger partial charge in [0.25, 0.3) is 0 Å². The molecule has 0 fully saturated rings. The lowest BCUT2D eigenvalue weighted by Crippen LogP contribution is -2.31. The van der Waals surface area contributed by atoms with Gasteiger partial charge in [-0.3, -0.25) is 14.5 Å². The Morgan fingerprint density at radius 1 is 0.806 bits per heavy atom. The fourth-order valence-corrected chi connectivity index (χ4v) is 6.18. The fraction of sp³-hybridized carbons (Fsp3) is 0.259. The third kappa shape index (κ3) is 3.71. The average molecular weight is 505 g/mol. The fourth-order valence-electron chi connectivity index (χ4n) is 5.38. The third-order valence-electron chi connectivity index (χ3n) is 7.07. The van der Waals surface area contributed by atoms with Crippen molar-refractivity contribution in [1.82, 2.24) is 14.9 Å². The molecule has 8 nitrogen and oxygen atoms in total. The molecule has 0 aliphatic rings. The first-order valence-electron chi connectivity index (χ1n) is 12.0. The molecule has 5 aromatic rings. The molecule has 0 saturated heterocycles. The molecule has 5 rings (SSSR count). The molecule has 1 atom stereocenters. The Hall–Kier alpha value is -3.53. The van der Waals surface area contributed by atoms with Crippen molar-refractivity contribution < 1.29 is 8.42 Å².